The molecule has 0 aliphatic heterocycles. The van der Waals surface area contributed by atoms with Gasteiger partial charge in [-0.05, 0) is 56.5 Å². The first-order valence-electron chi connectivity index (χ1n) is 6.74. The molecule has 0 bridgehead atoms. The van der Waals surface area contributed by atoms with Crippen molar-refractivity contribution in [2.24, 2.45) is 0 Å². The van der Waals surface area contributed by atoms with Crippen LogP contribution in [0.25, 0.3) is 0 Å². The molecule has 0 radical (unpaired) electrons. The Morgan fingerprint density at radius 2 is 1.67 bits per heavy atom. The van der Waals surface area contributed by atoms with Crippen LogP contribution in [0, 0.1) is 13.8 Å². The van der Waals surface area contributed by atoms with E-state index in [9.17, 15) is 9.59 Å². The number of benzene rings is 1. The third-order valence-corrected chi connectivity index (χ3v) is 3.39. The van der Waals surface area contributed by atoms with E-state index in [0.717, 1.165) is 22.4 Å². The van der Waals surface area contributed by atoms with Gasteiger partial charge in [0.25, 0.3) is 0 Å². The number of esters is 1. The van der Waals surface area contributed by atoms with Gasteiger partial charge in [0.05, 0.1) is 20.6 Å². The lowest BCUT2D eigenvalue weighted by atomic mass is 9.98. The Bertz CT molecular complexity index is 526. The summed E-state index contributed by atoms with van der Waals surface area (Å²) in [5, 5.41) is 2.69. The topological polar surface area (TPSA) is 64.6 Å². The minimum atomic E-state index is -1.04. The molecule has 0 atom stereocenters. The summed E-state index contributed by atoms with van der Waals surface area (Å²) in [4.78, 5) is 23.7. The average Bonchev–Trinajstić information content (AvgIpc) is 2.40. The van der Waals surface area contributed by atoms with Crippen molar-refractivity contribution in [2.75, 3.05) is 14.2 Å². The molecule has 0 fully saturated rings. The summed E-state index contributed by atoms with van der Waals surface area (Å²) in [6.07, 6.45) is 0.210. The van der Waals surface area contributed by atoms with Gasteiger partial charge in [0.15, 0.2) is 0 Å². The second-order valence-electron chi connectivity index (χ2n) is 5.58. The molecule has 1 rings (SSSR count). The van der Waals surface area contributed by atoms with Gasteiger partial charge >= 0.3 is 5.97 Å². The van der Waals surface area contributed by atoms with Crippen LogP contribution in [-0.4, -0.2) is 31.6 Å². The van der Waals surface area contributed by atoms with E-state index in [-0.39, 0.29) is 12.3 Å². The lowest BCUT2D eigenvalue weighted by Gasteiger charge is -2.23. The highest BCUT2D eigenvalue weighted by Gasteiger charge is 2.30. The lowest BCUT2D eigenvalue weighted by molar-refractivity contribution is -0.149. The summed E-state index contributed by atoms with van der Waals surface area (Å²) < 4.78 is 9.87. The molecule has 1 amide bonds. The third kappa shape index (κ3) is 4.21. The van der Waals surface area contributed by atoms with E-state index >= 15 is 0 Å². The zero-order valence-electron chi connectivity index (χ0n) is 13.5. The highest BCUT2D eigenvalue weighted by molar-refractivity contribution is 5.88. The van der Waals surface area contributed by atoms with E-state index in [1.54, 1.807) is 21.0 Å². The largest absolute Gasteiger partial charge is 0.497 e. The highest BCUT2D eigenvalue weighted by Crippen LogP contribution is 2.22. The van der Waals surface area contributed by atoms with Crippen LogP contribution in [0.5, 0.6) is 5.75 Å². The molecule has 21 heavy (non-hydrogen) atoms. The third-order valence-electron chi connectivity index (χ3n) is 3.39. The Labute approximate surface area is 125 Å². The number of carbonyl (C=O) groups excluding carboxylic acids is 2. The number of aryl methyl sites for hydroxylation is 2. The van der Waals surface area contributed by atoms with Gasteiger partial charge in [0.1, 0.15) is 11.3 Å². The fourth-order valence-corrected chi connectivity index (χ4v) is 2.21. The number of amides is 1. The van der Waals surface area contributed by atoms with Crippen molar-refractivity contribution in [3.8, 4) is 5.75 Å². The van der Waals surface area contributed by atoms with Gasteiger partial charge in [-0.1, -0.05) is 0 Å². The molecule has 0 saturated carbocycles. The molecule has 5 nitrogen and oxygen atoms in total. The number of hydrogen-bond donors (Lipinski definition) is 1. The van der Waals surface area contributed by atoms with Gasteiger partial charge in [-0.25, -0.2) is 4.79 Å². The molecule has 0 aromatic heterocycles. The fourth-order valence-electron chi connectivity index (χ4n) is 2.21. The van der Waals surface area contributed by atoms with Gasteiger partial charge in [-0.2, -0.15) is 0 Å². The first-order chi connectivity index (χ1) is 9.71. The molecule has 0 saturated heterocycles. The zero-order valence-corrected chi connectivity index (χ0v) is 13.5. The maximum absolute atomic E-state index is 12.2. The molecular formula is C16H23NO4. The quantitative estimate of drug-likeness (QED) is 0.842. The summed E-state index contributed by atoms with van der Waals surface area (Å²) in [6, 6.07) is 3.78. The molecule has 0 aliphatic rings. The van der Waals surface area contributed by atoms with E-state index in [1.807, 2.05) is 26.0 Å². The van der Waals surface area contributed by atoms with Crippen LogP contribution in [-0.2, 0) is 20.7 Å². The highest BCUT2D eigenvalue weighted by atomic mass is 16.5. The monoisotopic (exact) mass is 293 g/mol. The number of hydrogen-bond acceptors (Lipinski definition) is 4. The van der Waals surface area contributed by atoms with E-state index in [4.69, 9.17) is 4.74 Å². The summed E-state index contributed by atoms with van der Waals surface area (Å²) in [5.74, 6) is 0.0739. The summed E-state index contributed by atoms with van der Waals surface area (Å²) in [5.41, 5.74) is 1.87. The Kier molecular flexibility index (Phi) is 5.35. The number of ether oxygens (including phenoxy) is 2. The Morgan fingerprint density at radius 1 is 1.14 bits per heavy atom. The molecule has 1 aromatic carbocycles. The van der Waals surface area contributed by atoms with Crippen LogP contribution in [0.4, 0.5) is 0 Å². The Balaban J connectivity index is 2.87. The van der Waals surface area contributed by atoms with Gasteiger partial charge in [-0.3, -0.25) is 4.79 Å². The van der Waals surface area contributed by atoms with Gasteiger partial charge < -0.3 is 14.8 Å². The summed E-state index contributed by atoms with van der Waals surface area (Å²) in [6.45, 7) is 7.10. The van der Waals surface area contributed by atoms with Crippen molar-refractivity contribution in [2.45, 2.75) is 39.7 Å². The molecule has 0 heterocycles. The second-order valence-corrected chi connectivity index (χ2v) is 5.58. The van der Waals surface area contributed by atoms with Gasteiger partial charge in [0, 0.05) is 0 Å². The van der Waals surface area contributed by atoms with Crippen LogP contribution in [0.15, 0.2) is 12.1 Å². The predicted octanol–water partition coefficient (Wildman–Crippen LogP) is 1.92. The lowest BCUT2D eigenvalue weighted by Crippen LogP contribution is -2.50. The van der Waals surface area contributed by atoms with Crippen LogP contribution in [0.1, 0.15) is 30.5 Å². The van der Waals surface area contributed by atoms with Crippen molar-refractivity contribution in [1.29, 1.82) is 0 Å². The minimum Gasteiger partial charge on any atom is -0.497 e. The van der Waals surface area contributed by atoms with E-state index in [2.05, 4.69) is 10.1 Å². The van der Waals surface area contributed by atoms with Crippen molar-refractivity contribution in [1.82, 2.24) is 5.32 Å². The summed E-state index contributed by atoms with van der Waals surface area (Å²) in [7, 11) is 2.91. The molecular weight excluding hydrogens is 270 g/mol. The standard InChI is InChI=1S/C16H23NO4/c1-10-7-12(20-5)8-11(2)13(10)9-14(18)17-16(3,4)15(19)21-6/h7-8H,9H2,1-6H3,(H,17,18). The van der Waals surface area contributed by atoms with Crippen molar-refractivity contribution < 1.29 is 19.1 Å². The van der Waals surface area contributed by atoms with Crippen LogP contribution < -0.4 is 10.1 Å². The number of rotatable bonds is 5. The maximum Gasteiger partial charge on any atom is 0.330 e. The summed E-state index contributed by atoms with van der Waals surface area (Å²) >= 11 is 0. The Hall–Kier alpha value is -2.04. The SMILES string of the molecule is COC(=O)C(C)(C)NC(=O)Cc1c(C)cc(OC)cc1C. The first kappa shape index (κ1) is 17.0. The molecule has 0 spiro atoms. The number of carbonyl (C=O) groups is 2. The van der Waals surface area contributed by atoms with E-state index < -0.39 is 11.5 Å². The van der Waals surface area contributed by atoms with E-state index in [0.29, 0.717) is 0 Å². The molecule has 0 unspecified atom stereocenters. The number of nitrogens with one attached hydrogen (secondary N) is 1. The van der Waals surface area contributed by atoms with Crippen LogP contribution >= 0.6 is 0 Å². The fraction of sp³-hybridized carbons (Fsp3) is 0.500. The van der Waals surface area contributed by atoms with Crippen molar-refractivity contribution in [3.05, 3.63) is 28.8 Å². The molecule has 1 aromatic rings. The van der Waals surface area contributed by atoms with E-state index in [1.165, 1.54) is 7.11 Å². The van der Waals surface area contributed by atoms with Crippen LogP contribution in [0.2, 0.25) is 0 Å². The first-order valence-corrected chi connectivity index (χ1v) is 6.74. The van der Waals surface area contributed by atoms with Gasteiger partial charge in [0.2, 0.25) is 5.91 Å². The van der Waals surface area contributed by atoms with Crippen LogP contribution in [0.3, 0.4) is 0 Å². The minimum absolute atomic E-state index is 0.210. The van der Waals surface area contributed by atoms with Crippen molar-refractivity contribution >= 4 is 11.9 Å². The molecule has 5 heteroatoms. The normalized spacial score (nSPS) is 11.0. The smallest absolute Gasteiger partial charge is 0.330 e. The maximum atomic E-state index is 12.2. The Morgan fingerprint density at radius 3 is 2.10 bits per heavy atom. The average molecular weight is 293 g/mol. The predicted molar refractivity (Wildman–Crippen MR) is 80.4 cm³/mol. The molecule has 1 N–H and O–H groups in total. The van der Waals surface area contributed by atoms with Crippen molar-refractivity contribution in [3.63, 3.8) is 0 Å². The zero-order chi connectivity index (χ0) is 16.2. The molecule has 116 valence electrons. The molecule has 0 aliphatic carbocycles. The number of methoxy groups -OCH3 is 2. The second kappa shape index (κ2) is 6.61. The van der Waals surface area contributed by atoms with Gasteiger partial charge in [-0.15, -0.1) is 0 Å².